The molecule has 5 rings (SSSR count). The molecule has 11 heteroatoms. The summed E-state index contributed by atoms with van der Waals surface area (Å²) >= 11 is 1.52. The van der Waals surface area contributed by atoms with Gasteiger partial charge in [0.1, 0.15) is 22.3 Å². The van der Waals surface area contributed by atoms with Crippen LogP contribution in [0.1, 0.15) is 75.3 Å². The summed E-state index contributed by atoms with van der Waals surface area (Å²) in [5.74, 6) is 0.552. The number of hydrogen-bond donors (Lipinski definition) is 1. The highest BCUT2D eigenvalue weighted by Gasteiger charge is 2.38. The SMILES string of the molecule is C=CCOC1(C)CCN(c2c([C@H](OC(C)(C)C)C(=O)OCC)c(C)nc3cc(-c4ncc(Cc5ccccc5O)s4)nn23)CC1. The molecule has 1 saturated heterocycles. The van der Waals surface area contributed by atoms with E-state index in [0.717, 1.165) is 34.1 Å². The van der Waals surface area contributed by atoms with Gasteiger partial charge in [-0.2, -0.15) is 9.61 Å². The third-order valence-electron chi connectivity index (χ3n) is 7.84. The van der Waals surface area contributed by atoms with Gasteiger partial charge in [0.25, 0.3) is 0 Å². The predicted octanol–water partition coefficient (Wildman–Crippen LogP) is 6.44. The normalized spacial score (nSPS) is 15.7. The molecular formula is C34H43N5O5S. The Morgan fingerprint density at radius 2 is 1.98 bits per heavy atom. The lowest BCUT2D eigenvalue weighted by atomic mass is 9.92. The third-order valence-corrected chi connectivity index (χ3v) is 8.86. The molecule has 0 unspecified atom stereocenters. The predicted molar refractivity (Wildman–Crippen MR) is 176 cm³/mol. The van der Waals surface area contributed by atoms with Gasteiger partial charge in [-0.3, -0.25) is 0 Å². The molecule has 3 aromatic heterocycles. The minimum absolute atomic E-state index is 0.231. The van der Waals surface area contributed by atoms with E-state index >= 15 is 0 Å². The Hall–Kier alpha value is -3.80. The average Bonchev–Trinajstić information content (AvgIpc) is 3.63. The molecule has 240 valence electrons. The van der Waals surface area contributed by atoms with E-state index in [1.807, 2.05) is 62.7 Å². The molecule has 1 atom stereocenters. The van der Waals surface area contributed by atoms with Crippen LogP contribution in [0.25, 0.3) is 16.3 Å². The number of rotatable bonds is 11. The molecule has 10 nitrogen and oxygen atoms in total. The largest absolute Gasteiger partial charge is 0.508 e. The Morgan fingerprint density at radius 1 is 1.24 bits per heavy atom. The number of nitrogens with zero attached hydrogens (tertiary/aromatic N) is 5. The minimum atomic E-state index is -1.00. The van der Waals surface area contributed by atoms with E-state index in [2.05, 4.69) is 23.4 Å². The van der Waals surface area contributed by atoms with Crippen LogP contribution < -0.4 is 4.90 Å². The second kappa shape index (κ2) is 13.3. The van der Waals surface area contributed by atoms with Crippen LogP contribution in [0.15, 0.2) is 49.2 Å². The Balaban J connectivity index is 1.60. The first-order chi connectivity index (χ1) is 21.4. The number of piperidine rings is 1. The lowest BCUT2D eigenvalue weighted by molar-refractivity contribution is -0.166. The molecule has 0 saturated carbocycles. The summed E-state index contributed by atoms with van der Waals surface area (Å²) in [5.41, 5.74) is 2.55. The van der Waals surface area contributed by atoms with Gasteiger partial charge in [-0.1, -0.05) is 24.3 Å². The Bertz CT molecular complexity index is 1670. The van der Waals surface area contributed by atoms with Crippen LogP contribution in [-0.4, -0.2) is 68.2 Å². The number of phenolic OH excluding ortho intramolecular Hbond substituents is 1. The molecule has 4 aromatic rings. The molecule has 0 aliphatic carbocycles. The van der Waals surface area contributed by atoms with Crippen molar-refractivity contribution in [2.75, 3.05) is 31.2 Å². The van der Waals surface area contributed by atoms with E-state index in [1.54, 1.807) is 19.1 Å². The van der Waals surface area contributed by atoms with Crippen molar-refractivity contribution >= 4 is 28.8 Å². The van der Waals surface area contributed by atoms with Crippen molar-refractivity contribution in [3.8, 4) is 16.5 Å². The third kappa shape index (κ3) is 7.37. The fraction of sp³-hybridized carbons (Fsp3) is 0.471. The number of hydrogen-bond acceptors (Lipinski definition) is 10. The number of benzene rings is 1. The van der Waals surface area contributed by atoms with Crippen molar-refractivity contribution in [1.82, 2.24) is 19.6 Å². The maximum atomic E-state index is 13.5. The summed E-state index contributed by atoms with van der Waals surface area (Å²) in [6, 6.07) is 9.24. The van der Waals surface area contributed by atoms with E-state index < -0.39 is 17.7 Å². The molecule has 0 amide bonds. The van der Waals surface area contributed by atoms with Gasteiger partial charge in [0.2, 0.25) is 0 Å². The number of fused-ring (bicyclic) bond motifs is 1. The van der Waals surface area contributed by atoms with Crippen LogP contribution in [-0.2, 0) is 25.4 Å². The van der Waals surface area contributed by atoms with E-state index in [9.17, 15) is 9.90 Å². The number of aromatic hydroxyl groups is 1. The van der Waals surface area contributed by atoms with Gasteiger partial charge < -0.3 is 24.2 Å². The molecule has 0 spiro atoms. The number of phenols is 1. The molecule has 45 heavy (non-hydrogen) atoms. The highest BCUT2D eigenvalue weighted by Crippen LogP contribution is 2.39. The second-order valence-corrected chi connectivity index (χ2v) is 13.7. The fourth-order valence-electron chi connectivity index (χ4n) is 5.58. The standard InChI is InChI=1S/C34H43N5O5S/c1-8-18-43-34(7)14-16-38(17-15-34)31-28(29(32(41)42-9-2)44-33(4,5)6)22(3)36-27-20-25(37-39(27)31)30-35-21-24(45-30)19-23-12-10-11-13-26(23)40/h8,10-13,20-21,29,40H,1,9,14-19H2,2-7H3/t29-/m0/s1. The number of esters is 1. The minimum Gasteiger partial charge on any atom is -0.508 e. The van der Waals surface area contributed by atoms with E-state index in [0.29, 0.717) is 48.7 Å². The lowest BCUT2D eigenvalue weighted by Gasteiger charge is -2.41. The molecule has 1 aliphatic heterocycles. The van der Waals surface area contributed by atoms with Gasteiger partial charge in [-0.05, 0) is 66.0 Å². The first-order valence-corrected chi connectivity index (χ1v) is 16.2. The lowest BCUT2D eigenvalue weighted by Crippen LogP contribution is -2.45. The number of aromatic nitrogens is 4. The molecular weight excluding hydrogens is 590 g/mol. The van der Waals surface area contributed by atoms with E-state index in [1.165, 1.54) is 11.3 Å². The number of anilines is 1. The van der Waals surface area contributed by atoms with Crippen LogP contribution in [0.2, 0.25) is 0 Å². The molecule has 0 bridgehead atoms. The number of carbonyl (C=O) groups excluding carboxylic acids is 1. The van der Waals surface area contributed by atoms with Crippen molar-refractivity contribution in [3.05, 3.63) is 70.9 Å². The topological polar surface area (TPSA) is 111 Å². The fourth-order valence-corrected chi connectivity index (χ4v) is 6.47. The average molecular weight is 634 g/mol. The van der Waals surface area contributed by atoms with Gasteiger partial charge in [0.05, 0.1) is 30.0 Å². The molecule has 4 heterocycles. The maximum Gasteiger partial charge on any atom is 0.340 e. The molecule has 1 aromatic carbocycles. The highest BCUT2D eigenvalue weighted by atomic mass is 32.1. The number of thiazole rings is 1. The molecule has 1 aliphatic rings. The van der Waals surface area contributed by atoms with Crippen LogP contribution in [0.3, 0.4) is 0 Å². The summed E-state index contributed by atoms with van der Waals surface area (Å²) < 4.78 is 19.9. The van der Waals surface area contributed by atoms with Gasteiger partial charge in [-0.15, -0.1) is 17.9 Å². The van der Waals surface area contributed by atoms with E-state index in [4.69, 9.17) is 24.3 Å². The monoisotopic (exact) mass is 633 g/mol. The van der Waals surface area contributed by atoms with Crippen molar-refractivity contribution in [3.63, 3.8) is 0 Å². The van der Waals surface area contributed by atoms with Crippen molar-refractivity contribution in [2.24, 2.45) is 0 Å². The molecule has 0 radical (unpaired) electrons. The quantitative estimate of drug-likeness (QED) is 0.147. The number of para-hydroxylation sites is 1. The maximum absolute atomic E-state index is 13.5. The Morgan fingerprint density at radius 3 is 2.64 bits per heavy atom. The van der Waals surface area contributed by atoms with Crippen LogP contribution in [0.4, 0.5) is 5.82 Å². The van der Waals surface area contributed by atoms with Crippen LogP contribution >= 0.6 is 11.3 Å². The summed E-state index contributed by atoms with van der Waals surface area (Å²) in [5, 5.41) is 16.0. The molecule has 1 N–H and O–H groups in total. The Labute approximate surface area is 268 Å². The second-order valence-electron chi connectivity index (χ2n) is 12.6. The smallest absolute Gasteiger partial charge is 0.340 e. The number of ether oxygens (including phenoxy) is 3. The van der Waals surface area contributed by atoms with Crippen LogP contribution in [0.5, 0.6) is 5.75 Å². The zero-order valence-electron chi connectivity index (χ0n) is 27.0. The van der Waals surface area contributed by atoms with Crippen molar-refractivity contribution < 1.29 is 24.1 Å². The zero-order valence-corrected chi connectivity index (χ0v) is 27.8. The summed E-state index contributed by atoms with van der Waals surface area (Å²) in [6.45, 7) is 17.5. The summed E-state index contributed by atoms with van der Waals surface area (Å²) in [6.07, 6.45) is 4.73. The first-order valence-electron chi connectivity index (χ1n) is 15.4. The molecule has 1 fully saturated rings. The van der Waals surface area contributed by atoms with Gasteiger partial charge >= 0.3 is 5.97 Å². The van der Waals surface area contributed by atoms with Crippen molar-refractivity contribution in [2.45, 2.75) is 78.1 Å². The van der Waals surface area contributed by atoms with E-state index in [-0.39, 0.29) is 18.0 Å². The zero-order chi connectivity index (χ0) is 32.4. The van der Waals surface area contributed by atoms with Gasteiger partial charge in [0, 0.05) is 42.3 Å². The van der Waals surface area contributed by atoms with Crippen molar-refractivity contribution in [1.29, 1.82) is 0 Å². The summed E-state index contributed by atoms with van der Waals surface area (Å²) in [4.78, 5) is 26.3. The number of carbonyl (C=O) groups is 1. The number of aryl methyl sites for hydroxylation is 1. The Kier molecular flexibility index (Phi) is 9.62. The van der Waals surface area contributed by atoms with Gasteiger partial charge in [-0.25, -0.2) is 14.8 Å². The highest BCUT2D eigenvalue weighted by molar-refractivity contribution is 7.15. The van der Waals surface area contributed by atoms with Gasteiger partial charge in [0.15, 0.2) is 11.8 Å². The summed E-state index contributed by atoms with van der Waals surface area (Å²) in [7, 11) is 0. The first kappa shape index (κ1) is 32.6. The van der Waals surface area contributed by atoms with Crippen LogP contribution in [0, 0.1) is 6.92 Å².